The van der Waals surface area contributed by atoms with Gasteiger partial charge in [0.1, 0.15) is 11.2 Å². The normalized spacial score (nSPS) is 11.5. The van der Waals surface area contributed by atoms with Crippen LogP contribution < -0.4 is 15.9 Å². The minimum absolute atomic E-state index is 0.638. The molecule has 0 aliphatic rings. The lowest BCUT2D eigenvalue weighted by Gasteiger charge is -2.19. The first-order chi connectivity index (χ1) is 20.8. The molecule has 0 aliphatic heterocycles. The summed E-state index contributed by atoms with van der Waals surface area (Å²) < 4.78 is 2.15. The molecule has 0 saturated carbocycles. The summed E-state index contributed by atoms with van der Waals surface area (Å²) in [5.41, 5.74) is 8.26. The van der Waals surface area contributed by atoms with Crippen molar-refractivity contribution in [3.8, 4) is 22.4 Å². The molecule has 0 radical (unpaired) electrons. The van der Waals surface area contributed by atoms with Crippen LogP contribution in [-0.2, 0) is 0 Å². The van der Waals surface area contributed by atoms with E-state index in [0.717, 1.165) is 38.8 Å². The summed E-state index contributed by atoms with van der Waals surface area (Å²) in [5, 5.41) is 5.12. The average Bonchev–Trinajstić information content (AvgIpc) is 3.46. The topological polar surface area (TPSA) is 30.2 Å². The monoisotopic (exact) mass is 555 g/mol. The van der Waals surface area contributed by atoms with Crippen LogP contribution in [0.15, 0.2) is 158 Å². The smallest absolute Gasteiger partial charge is 0.137 e. The number of hydrogen-bond donors (Lipinski definition) is 0. The third-order valence-corrected chi connectivity index (χ3v) is 10.2. The first-order valence-corrected chi connectivity index (χ1v) is 15.4. The zero-order valence-corrected chi connectivity index (χ0v) is 23.7. The van der Waals surface area contributed by atoms with E-state index in [2.05, 4.69) is 144 Å². The molecule has 0 spiro atoms. The standard InChI is InChI=1S/C38H26N3P/c1-3-14-30(15-4-1)42(31-16-5-2-6-17-31)32-23-21-27(22-24-32)28-12-11-13-29(26-28)36-38-37(33-18-7-8-19-34(33)39-36)40-35-20-9-10-25-41(35)38/h1-26H. The van der Waals surface area contributed by atoms with E-state index in [1.165, 1.54) is 27.0 Å². The van der Waals surface area contributed by atoms with E-state index in [-0.39, 0.29) is 0 Å². The number of imidazole rings is 1. The van der Waals surface area contributed by atoms with Crippen molar-refractivity contribution in [3.63, 3.8) is 0 Å². The van der Waals surface area contributed by atoms with Crippen molar-refractivity contribution < 1.29 is 0 Å². The van der Waals surface area contributed by atoms with Crippen LogP contribution in [0.3, 0.4) is 0 Å². The molecule has 4 heteroatoms. The van der Waals surface area contributed by atoms with Crippen molar-refractivity contribution in [3.05, 3.63) is 158 Å². The Bertz CT molecular complexity index is 2150. The van der Waals surface area contributed by atoms with Crippen molar-refractivity contribution in [2.75, 3.05) is 0 Å². The van der Waals surface area contributed by atoms with Gasteiger partial charge in [-0.15, -0.1) is 0 Å². The van der Waals surface area contributed by atoms with E-state index < -0.39 is 7.92 Å². The fourth-order valence-corrected chi connectivity index (χ4v) is 8.09. The quantitative estimate of drug-likeness (QED) is 0.201. The Morgan fingerprint density at radius 2 is 1.12 bits per heavy atom. The van der Waals surface area contributed by atoms with E-state index in [1.54, 1.807) is 0 Å². The Morgan fingerprint density at radius 3 is 1.88 bits per heavy atom. The Labute approximate surface area is 245 Å². The van der Waals surface area contributed by atoms with Crippen LogP contribution in [0.25, 0.3) is 50.0 Å². The Kier molecular flexibility index (Phi) is 6.09. The fraction of sp³-hybridized carbons (Fsp3) is 0. The highest BCUT2D eigenvalue weighted by Gasteiger charge is 2.18. The molecule has 0 saturated heterocycles. The van der Waals surface area contributed by atoms with Gasteiger partial charge in [0.15, 0.2) is 0 Å². The maximum atomic E-state index is 5.18. The van der Waals surface area contributed by atoms with Crippen LogP contribution in [0.2, 0.25) is 0 Å². The van der Waals surface area contributed by atoms with Crippen LogP contribution in [0.5, 0.6) is 0 Å². The number of fused-ring (bicyclic) bond motifs is 5. The molecule has 0 amide bonds. The van der Waals surface area contributed by atoms with Crippen LogP contribution in [0.1, 0.15) is 0 Å². The molecule has 8 aromatic rings. The second kappa shape index (κ2) is 10.4. The van der Waals surface area contributed by atoms with Gasteiger partial charge in [0.2, 0.25) is 0 Å². The summed E-state index contributed by atoms with van der Waals surface area (Å²) >= 11 is 0. The summed E-state index contributed by atoms with van der Waals surface area (Å²) in [6, 6.07) is 53.9. The largest absolute Gasteiger partial charge is 0.298 e. The van der Waals surface area contributed by atoms with Crippen LogP contribution >= 0.6 is 7.92 Å². The second-order valence-corrected chi connectivity index (χ2v) is 12.6. The number of nitrogens with zero attached hydrogens (tertiary/aromatic N) is 3. The van der Waals surface area contributed by atoms with Gasteiger partial charge in [-0.2, -0.15) is 0 Å². The SMILES string of the molecule is c1ccc(P(c2ccccc2)c2ccc(-c3cccc(-c4nc5ccccc5c5nc6ccccn6c45)c3)cc2)cc1. The second-order valence-electron chi connectivity index (χ2n) is 10.3. The summed E-state index contributed by atoms with van der Waals surface area (Å²) in [4.78, 5) is 10.2. The van der Waals surface area contributed by atoms with E-state index in [4.69, 9.17) is 9.97 Å². The molecule has 0 fully saturated rings. The highest BCUT2D eigenvalue weighted by molar-refractivity contribution is 7.79. The molecule has 0 N–H and O–H groups in total. The van der Waals surface area contributed by atoms with Gasteiger partial charge in [0.05, 0.1) is 16.7 Å². The molecular weight excluding hydrogens is 529 g/mol. The Balaban J connectivity index is 1.23. The van der Waals surface area contributed by atoms with Gasteiger partial charge in [-0.05, 0) is 59.2 Å². The van der Waals surface area contributed by atoms with E-state index >= 15 is 0 Å². The zero-order chi connectivity index (χ0) is 27.9. The van der Waals surface area contributed by atoms with Gasteiger partial charge in [0.25, 0.3) is 0 Å². The van der Waals surface area contributed by atoms with Crippen LogP contribution in [-0.4, -0.2) is 14.4 Å². The molecule has 3 nitrogen and oxygen atoms in total. The molecule has 8 rings (SSSR count). The number of aromatic nitrogens is 3. The number of rotatable bonds is 5. The van der Waals surface area contributed by atoms with Crippen LogP contribution in [0, 0.1) is 0 Å². The van der Waals surface area contributed by atoms with Crippen molar-refractivity contribution in [1.29, 1.82) is 0 Å². The molecule has 0 atom stereocenters. The maximum absolute atomic E-state index is 5.18. The van der Waals surface area contributed by atoms with Crippen molar-refractivity contribution in [2.24, 2.45) is 0 Å². The first-order valence-electron chi connectivity index (χ1n) is 14.1. The predicted octanol–water partition coefficient (Wildman–Crippen LogP) is 8.13. The summed E-state index contributed by atoms with van der Waals surface area (Å²) in [7, 11) is -0.638. The lowest BCUT2D eigenvalue weighted by Crippen LogP contribution is -2.20. The molecule has 3 aromatic heterocycles. The zero-order valence-electron chi connectivity index (χ0n) is 22.8. The Morgan fingerprint density at radius 1 is 0.476 bits per heavy atom. The highest BCUT2D eigenvalue weighted by atomic mass is 31.1. The molecule has 0 aliphatic carbocycles. The van der Waals surface area contributed by atoms with Gasteiger partial charge in [-0.1, -0.05) is 127 Å². The van der Waals surface area contributed by atoms with Crippen molar-refractivity contribution in [2.45, 2.75) is 0 Å². The molecule has 0 unspecified atom stereocenters. The third-order valence-electron chi connectivity index (χ3n) is 7.77. The molecule has 5 aromatic carbocycles. The molecule has 3 heterocycles. The van der Waals surface area contributed by atoms with E-state index in [9.17, 15) is 0 Å². The minimum atomic E-state index is -0.638. The maximum Gasteiger partial charge on any atom is 0.137 e. The summed E-state index contributed by atoms with van der Waals surface area (Å²) in [5.74, 6) is 0. The number of para-hydroxylation sites is 1. The first kappa shape index (κ1) is 24.7. The van der Waals surface area contributed by atoms with Crippen LogP contribution in [0.4, 0.5) is 0 Å². The average molecular weight is 556 g/mol. The molecular formula is C38H26N3P. The number of hydrogen-bond acceptors (Lipinski definition) is 2. The third kappa shape index (κ3) is 4.27. The van der Waals surface area contributed by atoms with E-state index in [1.807, 2.05) is 18.2 Å². The summed E-state index contributed by atoms with van der Waals surface area (Å²) in [6.07, 6.45) is 2.07. The lowest BCUT2D eigenvalue weighted by molar-refractivity contribution is 1.22. The van der Waals surface area contributed by atoms with Gasteiger partial charge < -0.3 is 0 Å². The highest BCUT2D eigenvalue weighted by Crippen LogP contribution is 2.36. The molecule has 198 valence electrons. The number of pyridine rings is 2. The Hall–Kier alpha value is -5.11. The van der Waals surface area contributed by atoms with Crippen molar-refractivity contribution in [1.82, 2.24) is 14.4 Å². The lowest BCUT2D eigenvalue weighted by atomic mass is 10.0. The summed E-state index contributed by atoms with van der Waals surface area (Å²) in [6.45, 7) is 0. The fourth-order valence-electron chi connectivity index (χ4n) is 5.81. The molecule has 42 heavy (non-hydrogen) atoms. The van der Waals surface area contributed by atoms with Gasteiger partial charge >= 0.3 is 0 Å². The predicted molar refractivity (Wildman–Crippen MR) is 178 cm³/mol. The number of benzene rings is 5. The van der Waals surface area contributed by atoms with E-state index in [0.29, 0.717) is 0 Å². The van der Waals surface area contributed by atoms with Gasteiger partial charge in [-0.3, -0.25) is 4.40 Å². The minimum Gasteiger partial charge on any atom is -0.298 e. The molecule has 0 bridgehead atoms. The van der Waals surface area contributed by atoms with Crippen molar-refractivity contribution >= 4 is 51.4 Å². The van der Waals surface area contributed by atoms with Gasteiger partial charge in [-0.25, -0.2) is 9.97 Å². The van der Waals surface area contributed by atoms with Gasteiger partial charge in [0, 0.05) is 17.1 Å².